The maximum absolute atomic E-state index is 12.0. The van der Waals surface area contributed by atoms with E-state index in [9.17, 15) is 14.7 Å². The van der Waals surface area contributed by atoms with Gasteiger partial charge in [-0.3, -0.25) is 9.59 Å². The van der Waals surface area contributed by atoms with E-state index < -0.39 is 6.10 Å². The van der Waals surface area contributed by atoms with Crippen molar-refractivity contribution in [3.05, 3.63) is 12.2 Å². The average Bonchev–Trinajstić information content (AvgIpc) is 3.06. The van der Waals surface area contributed by atoms with Crippen LogP contribution in [0.5, 0.6) is 0 Å². The number of allylic oxidation sites excluding steroid dienone is 2. The fourth-order valence-corrected chi connectivity index (χ4v) is 5.91. The zero-order valence-corrected chi connectivity index (χ0v) is 30.9. The van der Waals surface area contributed by atoms with Crippen LogP contribution in [0, 0.1) is 0 Å². The second kappa shape index (κ2) is 38.1. The number of esters is 2. The summed E-state index contributed by atoms with van der Waals surface area (Å²) in [6, 6.07) is 0. The van der Waals surface area contributed by atoms with Crippen molar-refractivity contribution in [1.29, 1.82) is 0 Å². The molecule has 0 amide bonds. The summed E-state index contributed by atoms with van der Waals surface area (Å²) < 4.78 is 10.3. The summed E-state index contributed by atoms with van der Waals surface area (Å²) in [5.74, 6) is -0.557. The number of aliphatic hydroxyl groups excluding tert-OH is 1. The van der Waals surface area contributed by atoms with Gasteiger partial charge in [-0.25, -0.2) is 0 Å². The van der Waals surface area contributed by atoms with E-state index in [0.29, 0.717) is 12.8 Å². The Balaban J connectivity index is 3.37. The van der Waals surface area contributed by atoms with Crippen molar-refractivity contribution in [3.63, 3.8) is 0 Å². The topological polar surface area (TPSA) is 72.8 Å². The second-order valence-corrected chi connectivity index (χ2v) is 13.8. The molecule has 0 unspecified atom stereocenters. The zero-order valence-electron chi connectivity index (χ0n) is 30.9. The van der Waals surface area contributed by atoms with E-state index in [1.807, 2.05) is 0 Å². The van der Waals surface area contributed by atoms with Gasteiger partial charge in [0.1, 0.15) is 19.3 Å². The molecule has 0 saturated carbocycles. The maximum Gasteiger partial charge on any atom is 0.305 e. The van der Waals surface area contributed by atoms with Crippen LogP contribution in [0.4, 0.5) is 0 Å². The summed E-state index contributed by atoms with van der Waals surface area (Å²) in [4.78, 5) is 23.9. The van der Waals surface area contributed by atoms with Crippen molar-refractivity contribution < 1.29 is 24.2 Å². The van der Waals surface area contributed by atoms with Crippen LogP contribution in [0.1, 0.15) is 219 Å². The molecule has 0 aliphatic carbocycles. The third-order valence-corrected chi connectivity index (χ3v) is 9.00. The van der Waals surface area contributed by atoms with Crippen molar-refractivity contribution in [2.75, 3.05) is 13.2 Å². The van der Waals surface area contributed by atoms with Gasteiger partial charge in [0.05, 0.1) is 0 Å². The predicted molar refractivity (Wildman–Crippen MR) is 196 cm³/mol. The molecule has 1 N–H and O–H groups in total. The average molecular weight is 651 g/mol. The molecule has 0 aromatic carbocycles. The van der Waals surface area contributed by atoms with Gasteiger partial charge in [-0.15, -0.1) is 0 Å². The number of carbonyl (C=O) groups is 2. The van der Waals surface area contributed by atoms with E-state index in [2.05, 4.69) is 26.0 Å². The molecule has 0 heterocycles. The highest BCUT2D eigenvalue weighted by Gasteiger charge is 2.12. The van der Waals surface area contributed by atoms with Crippen molar-refractivity contribution >= 4 is 11.9 Å². The SMILES string of the molecule is CCCCCCCC/C=C\CCCCCCCCCCCCCC(=O)OC[C@H](O)COC(=O)CCCCCCCCCCCCC. The number of hydrogen-bond acceptors (Lipinski definition) is 5. The van der Waals surface area contributed by atoms with Crippen LogP contribution in [0.15, 0.2) is 12.2 Å². The molecule has 1 atom stereocenters. The van der Waals surface area contributed by atoms with Gasteiger partial charge >= 0.3 is 11.9 Å². The van der Waals surface area contributed by atoms with Gasteiger partial charge in [-0.2, -0.15) is 0 Å². The monoisotopic (exact) mass is 651 g/mol. The molecule has 5 heteroatoms. The van der Waals surface area contributed by atoms with Gasteiger partial charge < -0.3 is 14.6 Å². The van der Waals surface area contributed by atoms with E-state index in [4.69, 9.17) is 9.47 Å². The summed E-state index contributed by atoms with van der Waals surface area (Å²) >= 11 is 0. The lowest BCUT2D eigenvalue weighted by Crippen LogP contribution is -2.25. The summed E-state index contributed by atoms with van der Waals surface area (Å²) in [5, 5.41) is 10.00. The van der Waals surface area contributed by atoms with Gasteiger partial charge in [-0.05, 0) is 38.5 Å². The number of hydrogen-bond donors (Lipinski definition) is 1. The normalized spacial score (nSPS) is 12.2. The zero-order chi connectivity index (χ0) is 33.6. The van der Waals surface area contributed by atoms with Crippen LogP contribution < -0.4 is 0 Å². The highest BCUT2D eigenvalue weighted by atomic mass is 16.6. The third-order valence-electron chi connectivity index (χ3n) is 9.00. The van der Waals surface area contributed by atoms with E-state index in [0.717, 1.165) is 32.1 Å². The summed E-state index contributed by atoms with van der Waals surface area (Å²) in [7, 11) is 0. The van der Waals surface area contributed by atoms with Crippen LogP contribution in [0.3, 0.4) is 0 Å². The molecule has 0 rings (SSSR count). The van der Waals surface area contributed by atoms with Gasteiger partial charge in [-0.1, -0.05) is 180 Å². The lowest BCUT2D eigenvalue weighted by molar-refractivity contribution is -0.152. The van der Waals surface area contributed by atoms with Gasteiger partial charge in [0, 0.05) is 12.8 Å². The third kappa shape index (κ3) is 37.1. The first-order valence-electron chi connectivity index (χ1n) is 20.2. The van der Waals surface area contributed by atoms with E-state index in [1.54, 1.807) is 0 Å². The molecule has 0 saturated heterocycles. The number of ether oxygens (including phenoxy) is 2. The molecular weight excluding hydrogens is 572 g/mol. The van der Waals surface area contributed by atoms with Crippen LogP contribution in [-0.4, -0.2) is 36.4 Å². The highest BCUT2D eigenvalue weighted by Crippen LogP contribution is 2.14. The molecule has 0 bridgehead atoms. The molecule has 5 nitrogen and oxygen atoms in total. The van der Waals surface area contributed by atoms with Crippen molar-refractivity contribution in [1.82, 2.24) is 0 Å². The van der Waals surface area contributed by atoms with E-state index >= 15 is 0 Å². The fourth-order valence-electron chi connectivity index (χ4n) is 5.91. The highest BCUT2D eigenvalue weighted by molar-refractivity contribution is 5.69. The second-order valence-electron chi connectivity index (χ2n) is 13.8. The quantitative estimate of drug-likeness (QED) is 0.0411. The number of carbonyl (C=O) groups excluding carboxylic acids is 2. The van der Waals surface area contributed by atoms with Crippen molar-refractivity contribution in [2.24, 2.45) is 0 Å². The molecule has 0 aromatic heterocycles. The Labute approximate surface area is 286 Å². The molecule has 0 aliphatic rings. The molecular formula is C41H78O5. The fraction of sp³-hybridized carbons (Fsp3) is 0.902. The van der Waals surface area contributed by atoms with Gasteiger partial charge in [0.15, 0.2) is 0 Å². The Hall–Kier alpha value is -1.36. The number of rotatable bonds is 37. The molecule has 0 radical (unpaired) electrons. The van der Waals surface area contributed by atoms with Crippen molar-refractivity contribution in [3.8, 4) is 0 Å². The molecule has 272 valence electrons. The van der Waals surface area contributed by atoms with E-state index in [1.165, 1.54) is 161 Å². The van der Waals surface area contributed by atoms with Gasteiger partial charge in [0.2, 0.25) is 0 Å². The van der Waals surface area contributed by atoms with Crippen LogP contribution >= 0.6 is 0 Å². The minimum absolute atomic E-state index is 0.110. The number of unbranched alkanes of at least 4 members (excludes halogenated alkanes) is 27. The summed E-state index contributed by atoms with van der Waals surface area (Å²) in [6.45, 7) is 4.30. The van der Waals surface area contributed by atoms with Crippen molar-refractivity contribution in [2.45, 2.75) is 225 Å². The molecule has 0 fully saturated rings. The molecule has 0 aromatic rings. The first kappa shape index (κ1) is 44.6. The largest absolute Gasteiger partial charge is 0.463 e. The van der Waals surface area contributed by atoms with Gasteiger partial charge in [0.25, 0.3) is 0 Å². The predicted octanol–water partition coefficient (Wildman–Crippen LogP) is 12.5. The Morgan fingerprint density at radius 1 is 0.435 bits per heavy atom. The Bertz CT molecular complexity index is 661. The van der Waals surface area contributed by atoms with Crippen LogP contribution in [0.2, 0.25) is 0 Å². The van der Waals surface area contributed by atoms with Crippen LogP contribution in [0.25, 0.3) is 0 Å². The Morgan fingerprint density at radius 3 is 1.00 bits per heavy atom. The standard InChI is InChI=1S/C41H78O5/c1-3-5-7-9-11-13-15-16-17-18-19-20-21-22-23-24-26-28-30-32-34-36-41(44)46-38-39(42)37-45-40(43)35-33-31-29-27-25-14-12-10-8-6-4-2/h16-17,39,42H,3-15,18-38H2,1-2H3/b17-16-/t39-/m1/s1. The van der Waals surface area contributed by atoms with Crippen LogP contribution in [-0.2, 0) is 19.1 Å². The first-order valence-corrected chi connectivity index (χ1v) is 20.2. The lowest BCUT2D eigenvalue weighted by Gasteiger charge is -2.12. The maximum atomic E-state index is 12.0. The first-order chi connectivity index (χ1) is 22.6. The smallest absolute Gasteiger partial charge is 0.305 e. The summed E-state index contributed by atoms with van der Waals surface area (Å²) in [5.41, 5.74) is 0. The lowest BCUT2D eigenvalue weighted by atomic mass is 10.0. The Morgan fingerprint density at radius 2 is 0.696 bits per heavy atom. The van der Waals surface area contributed by atoms with E-state index in [-0.39, 0.29) is 25.2 Å². The molecule has 0 aliphatic heterocycles. The Kier molecular flexibility index (Phi) is 37.0. The molecule has 0 spiro atoms. The minimum atomic E-state index is -0.957. The number of aliphatic hydroxyl groups is 1. The molecule has 46 heavy (non-hydrogen) atoms. The minimum Gasteiger partial charge on any atom is -0.463 e. The summed E-state index contributed by atoms with van der Waals surface area (Å²) in [6.07, 6.45) is 42.7.